The average molecular weight is 543 g/mol. The Kier molecular flexibility index (Phi) is 5.28. The maximum absolute atomic E-state index is 12.7. The van der Waals surface area contributed by atoms with Crippen molar-refractivity contribution >= 4 is 46.3 Å². The summed E-state index contributed by atoms with van der Waals surface area (Å²) in [4.78, 5) is 35.7. The Morgan fingerprint density at radius 3 is 2.34 bits per heavy atom. The van der Waals surface area contributed by atoms with Gasteiger partial charge in [0.25, 0.3) is 17.5 Å². The second-order valence-corrected chi connectivity index (χ2v) is 9.30. The number of fused-ring (bicyclic) bond motifs is 5. The van der Waals surface area contributed by atoms with Gasteiger partial charge in [-0.05, 0) is 82.3 Å². The highest BCUT2D eigenvalue weighted by Crippen LogP contribution is 2.52. The summed E-state index contributed by atoms with van der Waals surface area (Å²) in [6, 6.07) is 11.7. The number of carbonyl (C=O) groups excluding carboxylic acids is 2. The molecular weight excluding hydrogens is 525 g/mol. The minimum atomic E-state index is -0.440. The number of allylic oxidation sites excluding steroid dienone is 2. The predicted octanol–water partition coefficient (Wildman–Crippen LogP) is 3.92. The van der Waals surface area contributed by atoms with E-state index < -0.39 is 4.92 Å². The summed E-state index contributed by atoms with van der Waals surface area (Å²) in [5.74, 6) is 0.0582. The minimum Gasteiger partial charge on any atom is -0.488 e. The van der Waals surface area contributed by atoms with Crippen LogP contribution < -0.4 is 4.74 Å². The smallest absolute Gasteiger partial charge is 0.269 e. The molecule has 0 aromatic heterocycles. The summed E-state index contributed by atoms with van der Waals surface area (Å²) in [7, 11) is 0. The summed E-state index contributed by atoms with van der Waals surface area (Å²) in [6.45, 7) is 0.275. The van der Waals surface area contributed by atoms with Crippen molar-refractivity contribution in [3.05, 3.63) is 79.4 Å². The zero-order chi connectivity index (χ0) is 22.4. The third-order valence-corrected chi connectivity index (χ3v) is 7.11. The molecule has 2 aromatic rings. The number of hydrogen-bond acceptors (Lipinski definition) is 6. The van der Waals surface area contributed by atoms with Crippen LogP contribution in [0.4, 0.5) is 5.69 Å². The number of imide groups is 1. The van der Waals surface area contributed by atoms with Crippen LogP contribution in [0.2, 0.25) is 0 Å². The maximum Gasteiger partial charge on any atom is 0.269 e. The highest BCUT2D eigenvalue weighted by atomic mass is 127. The number of ether oxygens (including phenoxy) is 1. The van der Waals surface area contributed by atoms with Crippen LogP contribution in [0.15, 0.2) is 59.7 Å². The van der Waals surface area contributed by atoms with E-state index in [2.05, 4.69) is 39.8 Å². The molecule has 32 heavy (non-hydrogen) atoms. The molecule has 8 nitrogen and oxygen atoms in total. The standard InChI is InChI=1S/C23H18IN3O5/c24-18-9-14(3-8-19(18)32-12-13-1-6-17(7-2-13)27(30)31)11-25-26-22(28)20-15-4-5-16(10-15)21(20)23(26)29/h1-9,11,15-16,20-21H,10,12H2/t15-,16-,20-,21+/m0/s1. The van der Waals surface area contributed by atoms with Gasteiger partial charge in [0.1, 0.15) is 12.4 Å². The van der Waals surface area contributed by atoms with Gasteiger partial charge in [-0.1, -0.05) is 12.2 Å². The SMILES string of the molecule is O=C1[C@@H]2[C@H](C(=O)N1N=Cc1ccc(OCc3ccc([N+](=O)[O-])cc3)c(I)c1)[C@H]1C=C[C@H]2C1. The van der Waals surface area contributed by atoms with E-state index in [1.165, 1.54) is 18.3 Å². The fourth-order valence-corrected chi connectivity index (χ4v) is 5.41. The molecule has 1 aliphatic heterocycles. The highest BCUT2D eigenvalue weighted by Gasteiger charge is 2.59. The van der Waals surface area contributed by atoms with Crippen LogP contribution in [0.5, 0.6) is 5.75 Å². The summed E-state index contributed by atoms with van der Waals surface area (Å²) < 4.78 is 6.66. The molecule has 9 heteroatoms. The molecule has 0 radical (unpaired) electrons. The molecule has 162 valence electrons. The fourth-order valence-electron chi connectivity index (χ4n) is 4.71. The maximum atomic E-state index is 12.7. The Hall–Kier alpha value is -3.08. The van der Waals surface area contributed by atoms with Gasteiger partial charge in [0.05, 0.1) is 26.5 Å². The lowest BCUT2D eigenvalue weighted by molar-refractivity contribution is -0.384. The van der Waals surface area contributed by atoms with Gasteiger partial charge < -0.3 is 4.74 Å². The number of rotatable bonds is 6. The number of non-ortho nitro benzene ring substituents is 1. The molecule has 4 atom stereocenters. The number of benzene rings is 2. The molecule has 1 saturated carbocycles. The molecule has 1 heterocycles. The van der Waals surface area contributed by atoms with Crippen molar-refractivity contribution in [2.24, 2.45) is 28.8 Å². The van der Waals surface area contributed by atoms with Crippen LogP contribution in [0.25, 0.3) is 0 Å². The molecule has 0 spiro atoms. The van der Waals surface area contributed by atoms with Gasteiger partial charge in [-0.15, -0.1) is 0 Å². The zero-order valence-corrected chi connectivity index (χ0v) is 18.9. The van der Waals surface area contributed by atoms with Gasteiger partial charge in [-0.2, -0.15) is 10.1 Å². The fraction of sp³-hybridized carbons (Fsp3) is 0.261. The van der Waals surface area contributed by atoms with Gasteiger partial charge in [0.15, 0.2) is 0 Å². The van der Waals surface area contributed by atoms with Crippen LogP contribution >= 0.6 is 22.6 Å². The van der Waals surface area contributed by atoms with Gasteiger partial charge in [0.2, 0.25) is 0 Å². The van der Waals surface area contributed by atoms with E-state index in [0.717, 1.165) is 26.1 Å². The van der Waals surface area contributed by atoms with Crippen molar-refractivity contribution in [2.45, 2.75) is 13.0 Å². The predicted molar refractivity (Wildman–Crippen MR) is 124 cm³/mol. The molecule has 5 rings (SSSR count). The van der Waals surface area contributed by atoms with Crippen molar-refractivity contribution < 1.29 is 19.2 Å². The summed E-state index contributed by atoms with van der Waals surface area (Å²) in [6.07, 6.45) is 6.53. The molecule has 3 aliphatic rings. The Labute approximate surface area is 197 Å². The van der Waals surface area contributed by atoms with Crippen molar-refractivity contribution in [1.82, 2.24) is 5.01 Å². The molecule has 2 aliphatic carbocycles. The lowest BCUT2D eigenvalue weighted by atomic mass is 9.85. The number of hydrogen-bond donors (Lipinski definition) is 0. The molecule has 0 unspecified atom stereocenters. The highest BCUT2D eigenvalue weighted by molar-refractivity contribution is 14.1. The summed E-state index contributed by atoms with van der Waals surface area (Å²) >= 11 is 2.14. The Morgan fingerprint density at radius 1 is 1.09 bits per heavy atom. The number of nitro benzene ring substituents is 1. The first kappa shape index (κ1) is 20.8. The number of nitro groups is 1. The quantitative estimate of drug-likeness (QED) is 0.137. The number of hydrazone groups is 1. The summed E-state index contributed by atoms with van der Waals surface area (Å²) in [5, 5.41) is 16.0. The van der Waals surface area contributed by atoms with E-state index in [-0.39, 0.29) is 47.8 Å². The minimum absolute atomic E-state index is 0.0366. The number of halogens is 1. The molecule has 2 aromatic carbocycles. The molecule has 2 fully saturated rings. The first-order chi connectivity index (χ1) is 15.4. The molecular formula is C23H18IN3O5. The Balaban J connectivity index is 1.24. The first-order valence-electron chi connectivity index (χ1n) is 10.2. The van der Waals surface area contributed by atoms with Crippen molar-refractivity contribution in [3.8, 4) is 5.75 Å². The largest absolute Gasteiger partial charge is 0.488 e. The van der Waals surface area contributed by atoms with E-state index in [1.54, 1.807) is 24.3 Å². The third kappa shape index (κ3) is 3.60. The molecule has 0 N–H and O–H groups in total. The van der Waals surface area contributed by atoms with E-state index in [9.17, 15) is 19.7 Å². The number of amides is 2. The number of carbonyl (C=O) groups is 2. The van der Waals surface area contributed by atoms with Gasteiger partial charge in [-0.3, -0.25) is 19.7 Å². The van der Waals surface area contributed by atoms with Gasteiger partial charge >= 0.3 is 0 Å². The van der Waals surface area contributed by atoms with Crippen LogP contribution in [0.1, 0.15) is 17.5 Å². The zero-order valence-electron chi connectivity index (χ0n) is 16.8. The van der Waals surface area contributed by atoms with Gasteiger partial charge in [-0.25, -0.2) is 0 Å². The van der Waals surface area contributed by atoms with Crippen LogP contribution in [-0.4, -0.2) is 28.0 Å². The second-order valence-electron chi connectivity index (χ2n) is 8.13. The van der Waals surface area contributed by atoms with Crippen molar-refractivity contribution in [1.29, 1.82) is 0 Å². The first-order valence-corrected chi connectivity index (χ1v) is 11.3. The molecule has 2 bridgehead atoms. The number of nitrogens with zero attached hydrogens (tertiary/aromatic N) is 3. The normalized spacial score (nSPS) is 25.7. The second kappa shape index (κ2) is 8.12. The van der Waals surface area contributed by atoms with Gasteiger partial charge in [0, 0.05) is 12.1 Å². The van der Waals surface area contributed by atoms with E-state index in [4.69, 9.17) is 4.74 Å². The molecule has 2 amide bonds. The lowest BCUT2D eigenvalue weighted by Gasteiger charge is -2.13. The van der Waals surface area contributed by atoms with E-state index >= 15 is 0 Å². The average Bonchev–Trinajstić information content (AvgIpc) is 3.46. The van der Waals surface area contributed by atoms with Crippen molar-refractivity contribution in [2.75, 3.05) is 0 Å². The molecule has 1 saturated heterocycles. The lowest BCUT2D eigenvalue weighted by Crippen LogP contribution is -2.28. The van der Waals surface area contributed by atoms with Crippen LogP contribution in [-0.2, 0) is 16.2 Å². The van der Waals surface area contributed by atoms with Crippen LogP contribution in [0, 0.1) is 37.4 Å². The van der Waals surface area contributed by atoms with E-state index in [1.807, 2.05) is 6.07 Å². The third-order valence-electron chi connectivity index (χ3n) is 6.27. The Bertz CT molecular complexity index is 1150. The monoisotopic (exact) mass is 543 g/mol. The van der Waals surface area contributed by atoms with E-state index in [0.29, 0.717) is 5.75 Å². The Morgan fingerprint density at radius 2 is 1.75 bits per heavy atom. The van der Waals surface area contributed by atoms with Crippen molar-refractivity contribution in [3.63, 3.8) is 0 Å². The van der Waals surface area contributed by atoms with Crippen LogP contribution in [0.3, 0.4) is 0 Å². The topological polar surface area (TPSA) is 102 Å². The summed E-state index contributed by atoms with van der Waals surface area (Å²) in [5.41, 5.74) is 1.60.